The molecule has 18 heavy (non-hydrogen) atoms. The van der Waals surface area contributed by atoms with Crippen LogP contribution in [0.2, 0.25) is 0 Å². The van der Waals surface area contributed by atoms with Crippen LogP contribution in [0.1, 0.15) is 35.7 Å². The average Bonchev–Trinajstić information content (AvgIpc) is 3.13. The standard InChI is InChI=1S/C14H17NO3/c1-9-3-5-11(6-4-9)14(17)18-10(2)13(16)15-12-7-8-12/h3-6,10,12H,7-8H2,1-2H3,(H,15,16)/t10-/m1/s1. The van der Waals surface area contributed by atoms with Gasteiger partial charge in [0.05, 0.1) is 5.56 Å². The van der Waals surface area contributed by atoms with E-state index in [4.69, 9.17) is 4.74 Å². The number of aryl methyl sites for hydroxylation is 1. The smallest absolute Gasteiger partial charge is 0.338 e. The summed E-state index contributed by atoms with van der Waals surface area (Å²) in [6.07, 6.45) is 1.29. The number of amides is 1. The third-order valence-corrected chi connectivity index (χ3v) is 2.86. The Morgan fingerprint density at radius 1 is 1.28 bits per heavy atom. The summed E-state index contributed by atoms with van der Waals surface area (Å²) >= 11 is 0. The van der Waals surface area contributed by atoms with E-state index in [0.717, 1.165) is 18.4 Å². The number of nitrogens with one attached hydrogen (secondary N) is 1. The fourth-order valence-corrected chi connectivity index (χ4v) is 1.52. The number of carbonyl (C=O) groups is 2. The minimum atomic E-state index is -0.751. The Kier molecular flexibility index (Phi) is 3.65. The molecule has 0 radical (unpaired) electrons. The lowest BCUT2D eigenvalue weighted by atomic mass is 10.1. The maximum Gasteiger partial charge on any atom is 0.338 e. The summed E-state index contributed by atoms with van der Waals surface area (Å²) in [4.78, 5) is 23.4. The number of carbonyl (C=O) groups excluding carboxylic acids is 2. The van der Waals surface area contributed by atoms with Crippen LogP contribution in [0.5, 0.6) is 0 Å². The predicted octanol–water partition coefficient (Wildman–Crippen LogP) is 1.82. The van der Waals surface area contributed by atoms with Crippen LogP contribution in [0.15, 0.2) is 24.3 Å². The average molecular weight is 247 g/mol. The zero-order chi connectivity index (χ0) is 13.1. The van der Waals surface area contributed by atoms with Crippen LogP contribution < -0.4 is 5.32 Å². The van der Waals surface area contributed by atoms with Crippen LogP contribution in [0.4, 0.5) is 0 Å². The van der Waals surface area contributed by atoms with Crippen molar-refractivity contribution < 1.29 is 14.3 Å². The molecule has 0 aromatic heterocycles. The predicted molar refractivity (Wildman–Crippen MR) is 67.2 cm³/mol. The molecule has 4 heteroatoms. The molecule has 1 atom stereocenters. The van der Waals surface area contributed by atoms with Crippen LogP contribution >= 0.6 is 0 Å². The van der Waals surface area contributed by atoms with E-state index in [2.05, 4.69) is 5.32 Å². The minimum Gasteiger partial charge on any atom is -0.449 e. The van der Waals surface area contributed by atoms with Crippen molar-refractivity contribution in [1.29, 1.82) is 0 Å². The molecule has 96 valence electrons. The van der Waals surface area contributed by atoms with Crippen LogP contribution in [-0.2, 0) is 9.53 Å². The van der Waals surface area contributed by atoms with Gasteiger partial charge in [0.25, 0.3) is 5.91 Å². The maximum atomic E-state index is 11.8. The van der Waals surface area contributed by atoms with E-state index < -0.39 is 12.1 Å². The Morgan fingerprint density at radius 2 is 1.89 bits per heavy atom. The van der Waals surface area contributed by atoms with Crippen molar-refractivity contribution in [3.05, 3.63) is 35.4 Å². The van der Waals surface area contributed by atoms with Gasteiger partial charge in [0.2, 0.25) is 0 Å². The Bertz CT molecular complexity index is 449. The molecule has 0 spiro atoms. The Morgan fingerprint density at radius 3 is 2.44 bits per heavy atom. The van der Waals surface area contributed by atoms with Crippen molar-refractivity contribution in [2.24, 2.45) is 0 Å². The first-order chi connectivity index (χ1) is 8.56. The van der Waals surface area contributed by atoms with E-state index in [-0.39, 0.29) is 11.9 Å². The highest BCUT2D eigenvalue weighted by atomic mass is 16.5. The molecule has 1 N–H and O–H groups in total. The van der Waals surface area contributed by atoms with Crippen molar-refractivity contribution in [3.63, 3.8) is 0 Å². The summed E-state index contributed by atoms with van der Waals surface area (Å²) in [5, 5.41) is 2.80. The van der Waals surface area contributed by atoms with E-state index in [1.807, 2.05) is 19.1 Å². The number of benzene rings is 1. The van der Waals surface area contributed by atoms with Crippen molar-refractivity contribution in [2.75, 3.05) is 0 Å². The zero-order valence-corrected chi connectivity index (χ0v) is 10.6. The van der Waals surface area contributed by atoms with E-state index >= 15 is 0 Å². The van der Waals surface area contributed by atoms with Crippen molar-refractivity contribution in [2.45, 2.75) is 38.8 Å². The van der Waals surface area contributed by atoms with E-state index in [0.29, 0.717) is 5.56 Å². The first-order valence-electron chi connectivity index (χ1n) is 6.14. The van der Waals surface area contributed by atoms with E-state index in [1.165, 1.54) is 0 Å². The molecular weight excluding hydrogens is 230 g/mol. The molecule has 1 fully saturated rings. The molecule has 0 unspecified atom stereocenters. The van der Waals surface area contributed by atoms with Gasteiger partial charge in [0.15, 0.2) is 6.10 Å². The van der Waals surface area contributed by atoms with Gasteiger partial charge in [0, 0.05) is 6.04 Å². The fraction of sp³-hybridized carbons (Fsp3) is 0.429. The third kappa shape index (κ3) is 3.32. The molecule has 4 nitrogen and oxygen atoms in total. The van der Waals surface area contributed by atoms with Gasteiger partial charge < -0.3 is 10.1 Å². The highest BCUT2D eigenvalue weighted by Gasteiger charge is 2.27. The number of hydrogen-bond donors (Lipinski definition) is 1. The van der Waals surface area contributed by atoms with Gasteiger partial charge in [-0.3, -0.25) is 4.79 Å². The lowest BCUT2D eigenvalue weighted by Crippen LogP contribution is -2.37. The third-order valence-electron chi connectivity index (χ3n) is 2.86. The van der Waals surface area contributed by atoms with Gasteiger partial charge in [-0.1, -0.05) is 17.7 Å². The maximum absolute atomic E-state index is 11.8. The molecule has 1 amide bonds. The highest BCUT2D eigenvalue weighted by Crippen LogP contribution is 2.19. The summed E-state index contributed by atoms with van der Waals surface area (Å²) in [6.45, 7) is 3.53. The molecule has 1 aromatic rings. The minimum absolute atomic E-state index is 0.224. The SMILES string of the molecule is Cc1ccc(C(=O)O[C@H](C)C(=O)NC2CC2)cc1. The molecule has 1 aliphatic carbocycles. The summed E-state index contributed by atoms with van der Waals surface area (Å²) < 4.78 is 5.12. The zero-order valence-electron chi connectivity index (χ0n) is 10.6. The monoisotopic (exact) mass is 247 g/mol. The van der Waals surface area contributed by atoms with Gasteiger partial charge in [-0.25, -0.2) is 4.79 Å². The summed E-state index contributed by atoms with van der Waals surface area (Å²) in [5.41, 5.74) is 1.54. The summed E-state index contributed by atoms with van der Waals surface area (Å²) in [6, 6.07) is 7.35. The second kappa shape index (κ2) is 5.21. The second-order valence-corrected chi connectivity index (χ2v) is 4.70. The molecule has 0 heterocycles. The van der Waals surface area contributed by atoms with E-state index in [1.54, 1.807) is 19.1 Å². The van der Waals surface area contributed by atoms with Crippen LogP contribution in [0.25, 0.3) is 0 Å². The molecule has 1 aromatic carbocycles. The quantitative estimate of drug-likeness (QED) is 0.826. The van der Waals surface area contributed by atoms with Gasteiger partial charge in [-0.15, -0.1) is 0 Å². The first-order valence-corrected chi connectivity index (χ1v) is 6.14. The van der Waals surface area contributed by atoms with Gasteiger partial charge in [-0.2, -0.15) is 0 Å². The van der Waals surface area contributed by atoms with Crippen LogP contribution in [0.3, 0.4) is 0 Å². The molecule has 0 saturated heterocycles. The lowest BCUT2D eigenvalue weighted by molar-refractivity contribution is -0.129. The number of rotatable bonds is 4. The number of ether oxygens (including phenoxy) is 1. The van der Waals surface area contributed by atoms with Crippen molar-refractivity contribution in [1.82, 2.24) is 5.32 Å². The molecular formula is C14H17NO3. The number of hydrogen-bond acceptors (Lipinski definition) is 3. The van der Waals surface area contributed by atoms with Crippen LogP contribution in [-0.4, -0.2) is 24.0 Å². The molecule has 1 saturated carbocycles. The normalized spacial score (nSPS) is 15.9. The van der Waals surface area contributed by atoms with Crippen molar-refractivity contribution in [3.8, 4) is 0 Å². The van der Waals surface area contributed by atoms with Crippen molar-refractivity contribution >= 4 is 11.9 Å². The molecule has 0 bridgehead atoms. The first kappa shape index (κ1) is 12.6. The Balaban J connectivity index is 1.89. The second-order valence-electron chi connectivity index (χ2n) is 4.70. The molecule has 2 rings (SSSR count). The topological polar surface area (TPSA) is 55.4 Å². The molecule has 0 aliphatic heterocycles. The van der Waals surface area contributed by atoms with E-state index in [9.17, 15) is 9.59 Å². The highest BCUT2D eigenvalue weighted by molar-refractivity contribution is 5.92. The summed E-state index contributed by atoms with van der Waals surface area (Å²) in [7, 11) is 0. The Labute approximate surface area is 106 Å². The van der Waals surface area contributed by atoms with Gasteiger partial charge in [0.1, 0.15) is 0 Å². The fourth-order valence-electron chi connectivity index (χ4n) is 1.52. The van der Waals surface area contributed by atoms with Gasteiger partial charge in [-0.05, 0) is 38.8 Å². The van der Waals surface area contributed by atoms with Gasteiger partial charge >= 0.3 is 5.97 Å². The Hall–Kier alpha value is -1.84. The molecule has 1 aliphatic rings. The number of esters is 1. The summed E-state index contributed by atoms with van der Waals surface area (Å²) in [5.74, 6) is -0.689. The lowest BCUT2D eigenvalue weighted by Gasteiger charge is -2.13. The van der Waals surface area contributed by atoms with Crippen LogP contribution in [0, 0.1) is 6.92 Å². The largest absolute Gasteiger partial charge is 0.449 e.